The van der Waals surface area contributed by atoms with Crippen LogP contribution in [0.4, 0.5) is 5.69 Å². The molecule has 21 heavy (non-hydrogen) atoms. The van der Waals surface area contributed by atoms with Crippen LogP contribution in [0, 0.1) is 6.92 Å². The number of rotatable bonds is 7. The van der Waals surface area contributed by atoms with Gasteiger partial charge in [0.25, 0.3) is 0 Å². The van der Waals surface area contributed by atoms with Gasteiger partial charge >= 0.3 is 0 Å². The number of unbranched alkanes of at least 4 members (excludes halogenated alkanes) is 1. The van der Waals surface area contributed by atoms with Crippen molar-refractivity contribution in [3.8, 4) is 5.75 Å². The molecule has 1 atom stereocenters. The molecule has 0 bridgehead atoms. The lowest BCUT2D eigenvalue weighted by molar-refractivity contribution is 0.415. The SMILES string of the molecule is CCCCC(Nc1ccc(C)cc1OC)c1ccccc1. The molecule has 1 N–H and O–H groups in total. The minimum atomic E-state index is 0.322. The Morgan fingerprint density at radius 2 is 1.86 bits per heavy atom. The van der Waals surface area contributed by atoms with Gasteiger partial charge in [-0.15, -0.1) is 0 Å². The molecule has 0 aliphatic carbocycles. The summed E-state index contributed by atoms with van der Waals surface area (Å²) in [5, 5.41) is 3.65. The number of hydrogen-bond acceptors (Lipinski definition) is 2. The van der Waals surface area contributed by atoms with E-state index >= 15 is 0 Å². The van der Waals surface area contributed by atoms with E-state index in [0.717, 1.165) is 17.9 Å². The van der Waals surface area contributed by atoms with Gasteiger partial charge in [0, 0.05) is 0 Å². The van der Waals surface area contributed by atoms with Crippen molar-refractivity contribution in [2.24, 2.45) is 0 Å². The van der Waals surface area contributed by atoms with Gasteiger partial charge in [-0.3, -0.25) is 0 Å². The van der Waals surface area contributed by atoms with Crippen LogP contribution in [0.3, 0.4) is 0 Å². The second-order valence-corrected chi connectivity index (χ2v) is 5.45. The predicted octanol–water partition coefficient (Wildman–Crippen LogP) is 5.35. The number of benzene rings is 2. The van der Waals surface area contributed by atoms with Crippen LogP contribution in [0.5, 0.6) is 5.75 Å². The molecule has 0 fully saturated rings. The van der Waals surface area contributed by atoms with E-state index in [-0.39, 0.29) is 0 Å². The van der Waals surface area contributed by atoms with Crippen LogP contribution in [-0.4, -0.2) is 7.11 Å². The zero-order valence-corrected chi connectivity index (χ0v) is 13.2. The molecule has 0 saturated heterocycles. The summed E-state index contributed by atoms with van der Waals surface area (Å²) in [5.74, 6) is 0.910. The molecule has 0 aliphatic heterocycles. The van der Waals surface area contributed by atoms with E-state index in [2.05, 4.69) is 67.7 Å². The first-order valence-electron chi connectivity index (χ1n) is 7.70. The predicted molar refractivity (Wildman–Crippen MR) is 90.1 cm³/mol. The molecule has 2 nitrogen and oxygen atoms in total. The summed E-state index contributed by atoms with van der Waals surface area (Å²) in [6, 6.07) is 17.3. The second kappa shape index (κ2) is 7.72. The number of anilines is 1. The Morgan fingerprint density at radius 1 is 1.10 bits per heavy atom. The summed E-state index contributed by atoms with van der Waals surface area (Å²) in [7, 11) is 1.73. The maximum Gasteiger partial charge on any atom is 0.142 e. The number of hydrogen-bond donors (Lipinski definition) is 1. The summed E-state index contributed by atoms with van der Waals surface area (Å²) >= 11 is 0. The van der Waals surface area contributed by atoms with Gasteiger partial charge in [0.15, 0.2) is 0 Å². The summed E-state index contributed by atoms with van der Waals surface area (Å²) in [4.78, 5) is 0. The molecule has 0 spiro atoms. The lowest BCUT2D eigenvalue weighted by Crippen LogP contribution is -2.11. The second-order valence-electron chi connectivity index (χ2n) is 5.45. The number of nitrogens with one attached hydrogen (secondary N) is 1. The molecule has 0 aromatic heterocycles. The van der Waals surface area contributed by atoms with Crippen LogP contribution >= 0.6 is 0 Å². The van der Waals surface area contributed by atoms with Crippen LogP contribution < -0.4 is 10.1 Å². The molecule has 2 heteroatoms. The number of ether oxygens (including phenoxy) is 1. The number of aryl methyl sites for hydroxylation is 1. The smallest absolute Gasteiger partial charge is 0.142 e. The molecule has 0 aliphatic rings. The molecular weight excluding hydrogens is 258 g/mol. The van der Waals surface area contributed by atoms with E-state index in [1.54, 1.807) is 7.11 Å². The van der Waals surface area contributed by atoms with Crippen molar-refractivity contribution in [1.82, 2.24) is 0 Å². The lowest BCUT2D eigenvalue weighted by atomic mass is 10.0. The van der Waals surface area contributed by atoms with Gasteiger partial charge in [0.2, 0.25) is 0 Å². The molecule has 0 radical (unpaired) electrons. The topological polar surface area (TPSA) is 21.3 Å². The molecule has 112 valence electrons. The van der Waals surface area contributed by atoms with Crippen molar-refractivity contribution in [2.75, 3.05) is 12.4 Å². The lowest BCUT2D eigenvalue weighted by Gasteiger charge is -2.22. The number of methoxy groups -OCH3 is 1. The van der Waals surface area contributed by atoms with Gasteiger partial charge in [-0.05, 0) is 36.6 Å². The first-order valence-corrected chi connectivity index (χ1v) is 7.70. The Bertz CT molecular complexity index is 551. The van der Waals surface area contributed by atoms with Crippen molar-refractivity contribution in [3.63, 3.8) is 0 Å². The molecule has 0 saturated carbocycles. The summed E-state index contributed by atoms with van der Waals surface area (Å²) in [6.07, 6.45) is 3.54. The molecule has 1 unspecified atom stereocenters. The maximum absolute atomic E-state index is 5.50. The Labute approximate surface area is 128 Å². The normalized spacial score (nSPS) is 12.0. The van der Waals surface area contributed by atoms with Crippen molar-refractivity contribution >= 4 is 5.69 Å². The van der Waals surface area contributed by atoms with E-state index in [0.29, 0.717) is 6.04 Å². The third-order valence-corrected chi connectivity index (χ3v) is 3.74. The monoisotopic (exact) mass is 283 g/mol. The fourth-order valence-electron chi connectivity index (χ4n) is 2.52. The van der Waals surface area contributed by atoms with Crippen molar-refractivity contribution in [1.29, 1.82) is 0 Å². The Kier molecular flexibility index (Phi) is 5.68. The van der Waals surface area contributed by atoms with E-state index in [9.17, 15) is 0 Å². The minimum absolute atomic E-state index is 0.322. The quantitative estimate of drug-likeness (QED) is 0.740. The third-order valence-electron chi connectivity index (χ3n) is 3.74. The first-order chi connectivity index (χ1) is 10.2. The highest BCUT2D eigenvalue weighted by Crippen LogP contribution is 2.31. The van der Waals surface area contributed by atoms with E-state index < -0.39 is 0 Å². The Balaban J connectivity index is 2.22. The largest absolute Gasteiger partial charge is 0.495 e. The Hall–Kier alpha value is -1.96. The molecule has 2 rings (SSSR count). The highest BCUT2D eigenvalue weighted by Gasteiger charge is 2.13. The molecule has 2 aromatic carbocycles. The standard InChI is InChI=1S/C19H25NO/c1-4-5-11-17(16-9-7-6-8-10-16)20-18-13-12-15(2)14-19(18)21-3/h6-10,12-14,17,20H,4-5,11H2,1-3H3. The third kappa shape index (κ3) is 4.25. The van der Waals surface area contributed by atoms with E-state index in [1.165, 1.54) is 24.0 Å². The molecule has 0 heterocycles. The highest BCUT2D eigenvalue weighted by atomic mass is 16.5. The zero-order valence-electron chi connectivity index (χ0n) is 13.2. The van der Waals surface area contributed by atoms with Gasteiger partial charge in [-0.25, -0.2) is 0 Å². The zero-order chi connectivity index (χ0) is 15.1. The van der Waals surface area contributed by atoms with Gasteiger partial charge in [-0.2, -0.15) is 0 Å². The molecule has 2 aromatic rings. The highest BCUT2D eigenvalue weighted by molar-refractivity contribution is 5.58. The van der Waals surface area contributed by atoms with Gasteiger partial charge in [-0.1, -0.05) is 56.2 Å². The first kappa shape index (κ1) is 15.4. The average molecular weight is 283 g/mol. The van der Waals surface area contributed by atoms with Gasteiger partial charge < -0.3 is 10.1 Å². The summed E-state index contributed by atoms with van der Waals surface area (Å²) in [6.45, 7) is 4.31. The van der Waals surface area contributed by atoms with Crippen LogP contribution in [-0.2, 0) is 0 Å². The van der Waals surface area contributed by atoms with E-state index in [1.807, 2.05) is 0 Å². The molecular formula is C19H25NO. The van der Waals surface area contributed by atoms with Crippen LogP contribution in [0.1, 0.15) is 43.4 Å². The van der Waals surface area contributed by atoms with Crippen LogP contribution in [0.2, 0.25) is 0 Å². The van der Waals surface area contributed by atoms with Crippen molar-refractivity contribution in [2.45, 2.75) is 39.2 Å². The molecule has 0 amide bonds. The van der Waals surface area contributed by atoms with Crippen LogP contribution in [0.25, 0.3) is 0 Å². The maximum atomic E-state index is 5.50. The van der Waals surface area contributed by atoms with Gasteiger partial charge in [0.05, 0.1) is 18.8 Å². The fourth-order valence-corrected chi connectivity index (χ4v) is 2.52. The van der Waals surface area contributed by atoms with Crippen LogP contribution in [0.15, 0.2) is 48.5 Å². The Morgan fingerprint density at radius 3 is 2.52 bits per heavy atom. The fraction of sp³-hybridized carbons (Fsp3) is 0.368. The summed E-state index contributed by atoms with van der Waals surface area (Å²) < 4.78 is 5.50. The minimum Gasteiger partial charge on any atom is -0.495 e. The van der Waals surface area contributed by atoms with E-state index in [4.69, 9.17) is 4.74 Å². The van der Waals surface area contributed by atoms with Crippen molar-refractivity contribution < 1.29 is 4.74 Å². The van der Waals surface area contributed by atoms with Crippen molar-refractivity contribution in [3.05, 3.63) is 59.7 Å². The summed E-state index contributed by atoms with van der Waals surface area (Å²) in [5.41, 5.74) is 3.60. The van der Waals surface area contributed by atoms with Gasteiger partial charge in [0.1, 0.15) is 5.75 Å². The average Bonchev–Trinajstić information content (AvgIpc) is 2.53.